The van der Waals surface area contributed by atoms with E-state index >= 15 is 0 Å². The zero-order valence-electron chi connectivity index (χ0n) is 18.4. The smallest absolute Gasteiger partial charge is 0.303 e. The summed E-state index contributed by atoms with van der Waals surface area (Å²) in [4.78, 5) is 10.3. The highest BCUT2D eigenvalue weighted by Crippen LogP contribution is 2.13. The topological polar surface area (TPSA) is 118 Å². The molecule has 0 spiro atoms. The van der Waals surface area contributed by atoms with Crippen LogP contribution >= 0.6 is 0 Å². The molecule has 28 heavy (non-hydrogen) atoms. The van der Waals surface area contributed by atoms with Crippen LogP contribution in [0.3, 0.4) is 0 Å². The first-order valence-electron chi connectivity index (χ1n) is 11.1. The van der Waals surface area contributed by atoms with Crippen LogP contribution in [0.4, 0.5) is 0 Å². The van der Waals surface area contributed by atoms with Gasteiger partial charge in [0.2, 0.25) is 0 Å². The summed E-state index contributed by atoms with van der Waals surface area (Å²) in [6, 6.07) is 0. The summed E-state index contributed by atoms with van der Waals surface area (Å²) in [6.45, 7) is 1.54. The maximum atomic E-state index is 10.3. The Hall–Kier alpha value is -0.690. The van der Waals surface area contributed by atoms with Gasteiger partial charge in [-0.15, -0.1) is 0 Å². The molecule has 0 aliphatic carbocycles. The molecular formula is C22H48O6. The van der Waals surface area contributed by atoms with Gasteiger partial charge >= 0.3 is 5.97 Å². The maximum Gasteiger partial charge on any atom is 0.303 e. The van der Waals surface area contributed by atoms with E-state index in [1.807, 2.05) is 0 Å². The Balaban J connectivity index is -0.000000660. The summed E-state index contributed by atoms with van der Waals surface area (Å²) in [5.41, 5.74) is 0. The third-order valence-electron chi connectivity index (χ3n) is 4.42. The lowest BCUT2D eigenvalue weighted by Gasteiger charge is -2.03. The zero-order chi connectivity index (χ0) is 21.9. The van der Waals surface area contributed by atoms with Crippen LogP contribution in [0.1, 0.15) is 110 Å². The van der Waals surface area contributed by atoms with Crippen LogP contribution in [0, 0.1) is 0 Å². The molecule has 6 heteroatoms. The third-order valence-corrected chi connectivity index (χ3v) is 4.42. The van der Waals surface area contributed by atoms with Gasteiger partial charge in [-0.3, -0.25) is 4.79 Å². The van der Waals surface area contributed by atoms with Gasteiger partial charge in [-0.2, -0.15) is 0 Å². The van der Waals surface area contributed by atoms with E-state index in [9.17, 15) is 4.79 Å². The second kappa shape index (κ2) is 31.0. The average Bonchev–Trinajstić information content (AvgIpc) is 2.72. The quantitative estimate of drug-likeness (QED) is 0.216. The molecule has 172 valence electrons. The Kier molecular flexibility index (Phi) is 35.4. The minimum Gasteiger partial charge on any atom is -0.481 e. The molecule has 0 heterocycles. The molecular weight excluding hydrogens is 360 g/mol. The normalized spacial score (nSPS) is 10.1. The van der Waals surface area contributed by atoms with E-state index in [1.165, 1.54) is 83.5 Å². The predicted molar refractivity (Wildman–Crippen MR) is 116 cm³/mol. The number of carbonyl (C=O) groups is 1. The van der Waals surface area contributed by atoms with Crippen LogP contribution in [-0.4, -0.2) is 57.9 Å². The zero-order valence-corrected chi connectivity index (χ0v) is 18.4. The van der Waals surface area contributed by atoms with Gasteiger partial charge in [-0.05, 0) is 6.42 Å². The molecule has 5 N–H and O–H groups in total. The van der Waals surface area contributed by atoms with Crippen molar-refractivity contribution in [3.05, 3.63) is 0 Å². The van der Waals surface area contributed by atoms with Crippen molar-refractivity contribution >= 4 is 5.97 Å². The monoisotopic (exact) mass is 408 g/mol. The summed E-state index contributed by atoms with van der Waals surface area (Å²) in [6.07, 6.45) is 19.2. The molecule has 0 bridgehead atoms. The van der Waals surface area contributed by atoms with Crippen molar-refractivity contribution in [2.75, 3.05) is 20.3 Å². The van der Waals surface area contributed by atoms with E-state index in [0.29, 0.717) is 6.42 Å². The standard InChI is InChI=1S/C18H36O2.C3H8O3.CH4O/c1-2-3-4-5-6-7-8-9-10-11-12-13-14-15-16-17-18(19)20;4-1-3(6)2-5;1-2/h2-17H2,1H3,(H,19,20);3-6H,1-2H2;2H,1H3. The summed E-state index contributed by atoms with van der Waals surface area (Å²) < 4.78 is 0. The molecule has 0 amide bonds. The molecule has 0 aromatic heterocycles. The number of aliphatic hydroxyl groups excluding tert-OH is 4. The minimum atomic E-state index is -0.954. The Labute approximate surface area is 173 Å². The Morgan fingerprint density at radius 2 is 0.929 bits per heavy atom. The molecule has 0 aromatic rings. The number of unbranched alkanes of at least 4 members (excludes halogenated alkanes) is 14. The Morgan fingerprint density at radius 1 is 0.643 bits per heavy atom. The number of aliphatic hydroxyl groups is 4. The number of carboxylic acid groups (broad SMARTS) is 1. The van der Waals surface area contributed by atoms with Gasteiger partial charge in [-0.1, -0.05) is 96.8 Å². The predicted octanol–water partition coefficient (Wildman–Crippen LogP) is 4.27. The van der Waals surface area contributed by atoms with E-state index in [-0.39, 0.29) is 13.2 Å². The maximum absolute atomic E-state index is 10.3. The summed E-state index contributed by atoms with van der Waals surface area (Å²) in [5, 5.41) is 39.5. The van der Waals surface area contributed by atoms with E-state index in [0.717, 1.165) is 20.0 Å². The first kappa shape index (κ1) is 32.0. The number of hydrogen-bond acceptors (Lipinski definition) is 5. The second-order valence-electron chi connectivity index (χ2n) is 7.11. The first-order valence-corrected chi connectivity index (χ1v) is 11.1. The second-order valence-corrected chi connectivity index (χ2v) is 7.11. The molecule has 0 saturated carbocycles. The van der Waals surface area contributed by atoms with Gasteiger partial charge < -0.3 is 25.5 Å². The Morgan fingerprint density at radius 3 is 1.14 bits per heavy atom. The molecule has 0 radical (unpaired) electrons. The van der Waals surface area contributed by atoms with E-state index < -0.39 is 12.1 Å². The van der Waals surface area contributed by atoms with Crippen molar-refractivity contribution in [2.45, 2.75) is 116 Å². The lowest BCUT2D eigenvalue weighted by Crippen LogP contribution is -2.15. The number of rotatable bonds is 18. The Bertz CT molecular complexity index is 270. The van der Waals surface area contributed by atoms with E-state index in [4.69, 9.17) is 25.5 Å². The van der Waals surface area contributed by atoms with Crippen LogP contribution in [0.2, 0.25) is 0 Å². The highest BCUT2D eigenvalue weighted by molar-refractivity contribution is 5.66. The summed E-state index contributed by atoms with van der Waals surface area (Å²) in [7, 11) is 1.00. The lowest BCUT2D eigenvalue weighted by molar-refractivity contribution is -0.137. The fourth-order valence-electron chi connectivity index (χ4n) is 2.71. The number of aliphatic carboxylic acids is 1. The highest BCUT2D eigenvalue weighted by Gasteiger charge is 1.97. The fourth-order valence-corrected chi connectivity index (χ4v) is 2.71. The molecule has 0 atom stereocenters. The van der Waals surface area contributed by atoms with Crippen LogP contribution in [-0.2, 0) is 4.79 Å². The average molecular weight is 409 g/mol. The van der Waals surface area contributed by atoms with Crippen LogP contribution in [0.25, 0.3) is 0 Å². The van der Waals surface area contributed by atoms with Gasteiger partial charge in [0.15, 0.2) is 0 Å². The van der Waals surface area contributed by atoms with Crippen LogP contribution in [0.5, 0.6) is 0 Å². The number of carboxylic acids is 1. The minimum absolute atomic E-state index is 0.345. The van der Waals surface area contributed by atoms with Crippen molar-refractivity contribution < 1.29 is 30.3 Å². The molecule has 0 aromatic carbocycles. The number of hydrogen-bond donors (Lipinski definition) is 5. The molecule has 0 aliphatic heterocycles. The van der Waals surface area contributed by atoms with E-state index in [2.05, 4.69) is 6.92 Å². The third kappa shape index (κ3) is 36.3. The highest BCUT2D eigenvalue weighted by atomic mass is 16.4. The fraction of sp³-hybridized carbons (Fsp3) is 0.955. The van der Waals surface area contributed by atoms with E-state index in [1.54, 1.807) is 0 Å². The molecule has 6 nitrogen and oxygen atoms in total. The lowest BCUT2D eigenvalue weighted by atomic mass is 10.0. The summed E-state index contributed by atoms with van der Waals surface area (Å²) in [5.74, 6) is -0.653. The SMILES string of the molecule is CCCCCCCCCCCCCCCCCC(=O)O.CO.OCC(O)CO. The van der Waals surface area contributed by atoms with Crippen molar-refractivity contribution in [1.29, 1.82) is 0 Å². The molecule has 0 rings (SSSR count). The van der Waals surface area contributed by atoms with Gasteiger partial charge in [0, 0.05) is 13.5 Å². The van der Waals surface area contributed by atoms with Crippen molar-refractivity contribution in [3.8, 4) is 0 Å². The van der Waals surface area contributed by atoms with Crippen LogP contribution < -0.4 is 0 Å². The molecule has 0 fully saturated rings. The molecule has 0 unspecified atom stereocenters. The van der Waals surface area contributed by atoms with Crippen LogP contribution in [0.15, 0.2) is 0 Å². The van der Waals surface area contributed by atoms with Crippen molar-refractivity contribution in [2.24, 2.45) is 0 Å². The van der Waals surface area contributed by atoms with Crippen molar-refractivity contribution in [1.82, 2.24) is 0 Å². The van der Waals surface area contributed by atoms with Gasteiger partial charge in [-0.25, -0.2) is 0 Å². The van der Waals surface area contributed by atoms with Gasteiger partial charge in [0.25, 0.3) is 0 Å². The largest absolute Gasteiger partial charge is 0.481 e. The molecule has 0 aliphatic rings. The van der Waals surface area contributed by atoms with Gasteiger partial charge in [0.05, 0.1) is 13.2 Å². The van der Waals surface area contributed by atoms with Crippen molar-refractivity contribution in [3.63, 3.8) is 0 Å². The first-order chi connectivity index (χ1) is 13.6. The molecule has 0 saturated heterocycles. The summed E-state index contributed by atoms with van der Waals surface area (Å²) >= 11 is 0. The van der Waals surface area contributed by atoms with Gasteiger partial charge in [0.1, 0.15) is 6.10 Å².